The van der Waals surface area contributed by atoms with E-state index in [1.165, 1.54) is 38.5 Å². The second kappa shape index (κ2) is 8.39. The Bertz CT molecular complexity index is 271. The lowest BCUT2D eigenvalue weighted by atomic mass is 10.1. The number of hydrogen-bond donors (Lipinski definition) is 1. The third kappa shape index (κ3) is 7.06. The van der Waals surface area contributed by atoms with Gasteiger partial charge in [-0.25, -0.2) is 0 Å². The minimum absolute atomic E-state index is 0.470. The molecular weight excluding hydrogens is 184 g/mol. The average molecular weight is 204 g/mol. The fraction of sp³-hybridized carbons (Fsp3) is 0.714. The van der Waals surface area contributed by atoms with Crippen LogP contribution in [0.1, 0.15) is 57.8 Å². The van der Waals surface area contributed by atoms with Crippen molar-refractivity contribution < 1.29 is 5.11 Å². The standard InChI is InChI=1S/C14H20O/c15-14-12-10-8-6-4-2-1-3-5-7-9-11-13-14/h14-15H,1-6,8,10,12H2. The highest BCUT2D eigenvalue weighted by atomic mass is 16.3. The molecule has 0 aromatic carbocycles. The van der Waals surface area contributed by atoms with Crippen molar-refractivity contribution >= 4 is 0 Å². The van der Waals surface area contributed by atoms with E-state index < -0.39 is 6.10 Å². The number of hydrogen-bond acceptors (Lipinski definition) is 1. The van der Waals surface area contributed by atoms with Gasteiger partial charge in [-0.3, -0.25) is 0 Å². The summed E-state index contributed by atoms with van der Waals surface area (Å²) in [6.07, 6.45) is 10.0. The summed E-state index contributed by atoms with van der Waals surface area (Å²) in [7, 11) is 0. The Kier molecular flexibility index (Phi) is 6.80. The van der Waals surface area contributed by atoms with Gasteiger partial charge in [0.15, 0.2) is 0 Å². The molecule has 0 aromatic heterocycles. The molecule has 1 nitrogen and oxygen atoms in total. The van der Waals surface area contributed by atoms with Crippen LogP contribution in [0.3, 0.4) is 0 Å². The zero-order valence-corrected chi connectivity index (χ0v) is 9.39. The summed E-state index contributed by atoms with van der Waals surface area (Å²) in [4.78, 5) is 0. The van der Waals surface area contributed by atoms with Crippen LogP contribution >= 0.6 is 0 Å². The predicted molar refractivity (Wildman–Crippen MR) is 63.1 cm³/mol. The van der Waals surface area contributed by atoms with E-state index in [0.29, 0.717) is 0 Å². The maximum Gasteiger partial charge on any atom is 0.115 e. The third-order valence-corrected chi connectivity index (χ3v) is 2.67. The maximum atomic E-state index is 9.48. The summed E-state index contributed by atoms with van der Waals surface area (Å²) in [5.74, 6) is 11.3. The first-order chi connectivity index (χ1) is 7.39. The monoisotopic (exact) mass is 204 g/mol. The lowest BCUT2D eigenvalue weighted by Crippen LogP contribution is -2.02. The molecule has 0 aromatic rings. The summed E-state index contributed by atoms with van der Waals surface area (Å²) in [5.41, 5.74) is 0. The minimum Gasteiger partial charge on any atom is -0.380 e. The Balaban J connectivity index is 2.36. The Hall–Kier alpha value is -0.920. The van der Waals surface area contributed by atoms with E-state index in [4.69, 9.17) is 0 Å². The van der Waals surface area contributed by atoms with Crippen LogP contribution in [0, 0.1) is 23.7 Å². The van der Waals surface area contributed by atoms with E-state index in [9.17, 15) is 5.11 Å². The first-order valence-corrected chi connectivity index (χ1v) is 6.06. The van der Waals surface area contributed by atoms with Crippen LogP contribution in [0.4, 0.5) is 0 Å². The summed E-state index contributed by atoms with van der Waals surface area (Å²) in [6, 6.07) is 0. The van der Waals surface area contributed by atoms with Crippen LogP contribution < -0.4 is 0 Å². The molecule has 0 radical (unpaired) electrons. The van der Waals surface area contributed by atoms with Gasteiger partial charge in [-0.2, -0.15) is 0 Å². The van der Waals surface area contributed by atoms with Gasteiger partial charge in [-0.15, -0.1) is 0 Å². The van der Waals surface area contributed by atoms with Crippen molar-refractivity contribution in [2.75, 3.05) is 0 Å². The molecule has 1 aliphatic rings. The van der Waals surface area contributed by atoms with Gasteiger partial charge in [0.2, 0.25) is 0 Å². The third-order valence-electron chi connectivity index (χ3n) is 2.67. The smallest absolute Gasteiger partial charge is 0.115 e. The van der Waals surface area contributed by atoms with Crippen LogP contribution in [-0.4, -0.2) is 11.2 Å². The van der Waals surface area contributed by atoms with E-state index in [-0.39, 0.29) is 0 Å². The van der Waals surface area contributed by atoms with Gasteiger partial charge >= 0.3 is 0 Å². The topological polar surface area (TPSA) is 20.2 Å². The highest BCUT2D eigenvalue weighted by Crippen LogP contribution is 2.10. The van der Waals surface area contributed by atoms with Crippen molar-refractivity contribution in [1.29, 1.82) is 0 Å². The quantitative estimate of drug-likeness (QED) is 0.602. The molecule has 0 amide bonds. The zero-order valence-electron chi connectivity index (χ0n) is 9.39. The van der Waals surface area contributed by atoms with Crippen molar-refractivity contribution in [3.8, 4) is 23.7 Å². The van der Waals surface area contributed by atoms with E-state index >= 15 is 0 Å². The van der Waals surface area contributed by atoms with Gasteiger partial charge in [0.25, 0.3) is 0 Å². The summed E-state index contributed by atoms with van der Waals surface area (Å²) in [5, 5.41) is 9.48. The molecule has 0 spiro atoms. The molecule has 0 saturated heterocycles. The summed E-state index contributed by atoms with van der Waals surface area (Å²) in [6.45, 7) is 0. The van der Waals surface area contributed by atoms with Gasteiger partial charge in [-0.1, -0.05) is 43.9 Å². The maximum absolute atomic E-state index is 9.48. The minimum atomic E-state index is -0.470. The molecule has 0 heterocycles. The first kappa shape index (κ1) is 12.2. The number of aliphatic hydroxyl groups excluding tert-OH is 1. The lowest BCUT2D eigenvalue weighted by molar-refractivity contribution is 0.217. The molecule has 1 N–H and O–H groups in total. The molecule has 1 aliphatic carbocycles. The molecule has 1 unspecified atom stereocenters. The van der Waals surface area contributed by atoms with Gasteiger partial charge in [0.05, 0.1) is 0 Å². The van der Waals surface area contributed by atoms with Crippen molar-refractivity contribution in [1.82, 2.24) is 0 Å². The summed E-state index contributed by atoms with van der Waals surface area (Å²) < 4.78 is 0. The second-order valence-electron chi connectivity index (χ2n) is 4.10. The Morgan fingerprint density at radius 1 is 0.800 bits per heavy atom. The first-order valence-electron chi connectivity index (χ1n) is 6.06. The molecule has 15 heavy (non-hydrogen) atoms. The summed E-state index contributed by atoms with van der Waals surface area (Å²) >= 11 is 0. The average Bonchev–Trinajstić information content (AvgIpc) is 2.24. The Morgan fingerprint density at radius 3 is 2.27 bits per heavy atom. The van der Waals surface area contributed by atoms with Crippen molar-refractivity contribution in [2.45, 2.75) is 63.9 Å². The van der Waals surface area contributed by atoms with Crippen LogP contribution in [-0.2, 0) is 0 Å². The second-order valence-corrected chi connectivity index (χ2v) is 4.10. The Morgan fingerprint density at radius 2 is 1.47 bits per heavy atom. The fourth-order valence-corrected chi connectivity index (χ4v) is 1.73. The molecule has 0 fully saturated rings. The molecule has 1 atom stereocenters. The van der Waals surface area contributed by atoms with Crippen molar-refractivity contribution in [2.24, 2.45) is 0 Å². The lowest BCUT2D eigenvalue weighted by Gasteiger charge is -2.03. The van der Waals surface area contributed by atoms with Gasteiger partial charge in [0.1, 0.15) is 6.10 Å². The van der Waals surface area contributed by atoms with E-state index in [1.807, 2.05) is 0 Å². The van der Waals surface area contributed by atoms with E-state index in [2.05, 4.69) is 23.7 Å². The molecule has 0 bridgehead atoms. The van der Waals surface area contributed by atoms with Crippen molar-refractivity contribution in [3.05, 3.63) is 0 Å². The van der Waals surface area contributed by atoms with E-state index in [0.717, 1.165) is 19.3 Å². The fourth-order valence-electron chi connectivity index (χ4n) is 1.73. The molecular formula is C14H20O. The molecule has 1 rings (SSSR count). The van der Waals surface area contributed by atoms with Gasteiger partial charge < -0.3 is 5.11 Å². The SMILES string of the molecule is OC1C#CC#CCCCCCCCCC1. The van der Waals surface area contributed by atoms with Crippen LogP contribution in [0.2, 0.25) is 0 Å². The normalized spacial score (nSPS) is 23.9. The van der Waals surface area contributed by atoms with Gasteiger partial charge in [-0.05, 0) is 31.1 Å². The molecule has 1 heteroatoms. The predicted octanol–water partition coefficient (Wildman–Crippen LogP) is 2.88. The highest BCUT2D eigenvalue weighted by molar-refractivity contribution is 5.27. The molecule has 0 aliphatic heterocycles. The van der Waals surface area contributed by atoms with Crippen LogP contribution in [0.25, 0.3) is 0 Å². The van der Waals surface area contributed by atoms with Crippen LogP contribution in [0.5, 0.6) is 0 Å². The Labute approximate surface area is 93.3 Å². The largest absolute Gasteiger partial charge is 0.380 e. The zero-order chi connectivity index (χ0) is 10.8. The number of aliphatic hydroxyl groups is 1. The van der Waals surface area contributed by atoms with E-state index in [1.54, 1.807) is 0 Å². The number of rotatable bonds is 0. The van der Waals surface area contributed by atoms with Crippen molar-refractivity contribution in [3.63, 3.8) is 0 Å². The van der Waals surface area contributed by atoms with Crippen LogP contribution in [0.15, 0.2) is 0 Å². The molecule has 0 saturated carbocycles. The van der Waals surface area contributed by atoms with Gasteiger partial charge in [0, 0.05) is 6.42 Å². The highest BCUT2D eigenvalue weighted by Gasteiger charge is 1.98. The molecule has 82 valence electrons.